The van der Waals surface area contributed by atoms with Crippen molar-refractivity contribution in [1.29, 1.82) is 0 Å². The van der Waals surface area contributed by atoms with Crippen LogP contribution in [0.2, 0.25) is 0 Å². The van der Waals surface area contributed by atoms with E-state index in [2.05, 4.69) is 4.90 Å². The second-order valence-corrected chi connectivity index (χ2v) is 8.61. The van der Waals surface area contributed by atoms with Gasteiger partial charge in [-0.1, -0.05) is 0 Å². The molecule has 2 rings (SSSR count). The highest BCUT2D eigenvalue weighted by Crippen LogP contribution is 2.28. The number of carboxylic acid groups (broad SMARTS) is 1. The topological polar surface area (TPSA) is 77.9 Å². The highest BCUT2D eigenvalue weighted by Gasteiger charge is 2.37. The van der Waals surface area contributed by atoms with Gasteiger partial charge in [-0.05, 0) is 27.0 Å². The van der Waals surface area contributed by atoms with Gasteiger partial charge in [0.15, 0.2) is 0 Å². The average Bonchev–Trinajstić information content (AvgIpc) is 2.82. The van der Waals surface area contributed by atoms with Gasteiger partial charge in [-0.25, -0.2) is 13.2 Å². The van der Waals surface area contributed by atoms with Crippen LogP contribution in [-0.2, 0) is 10.0 Å². The number of carboxylic acids is 1. The van der Waals surface area contributed by atoms with E-state index in [-0.39, 0.29) is 15.3 Å². The zero-order valence-corrected chi connectivity index (χ0v) is 13.3. The summed E-state index contributed by atoms with van der Waals surface area (Å²) in [6, 6.07) is 1.23. The van der Waals surface area contributed by atoms with Gasteiger partial charge < -0.3 is 5.11 Å². The Morgan fingerprint density at radius 2 is 2.05 bits per heavy atom. The van der Waals surface area contributed by atoms with Crippen molar-refractivity contribution < 1.29 is 18.3 Å². The number of hydrogen-bond acceptors (Lipinski definition) is 5. The summed E-state index contributed by atoms with van der Waals surface area (Å²) in [5, 5.41) is 10.2. The lowest BCUT2D eigenvalue weighted by Crippen LogP contribution is -2.58. The average molecular weight is 318 g/mol. The number of piperazine rings is 1. The third-order valence-corrected chi connectivity index (χ3v) is 6.96. The maximum absolute atomic E-state index is 12.5. The van der Waals surface area contributed by atoms with Crippen LogP contribution in [0.4, 0.5) is 0 Å². The monoisotopic (exact) mass is 318 g/mol. The van der Waals surface area contributed by atoms with Gasteiger partial charge in [0.25, 0.3) is 10.0 Å². The fraction of sp³-hybridized carbons (Fsp3) is 0.583. The van der Waals surface area contributed by atoms with Gasteiger partial charge in [0.1, 0.15) is 4.21 Å². The molecule has 0 atom stereocenters. The van der Waals surface area contributed by atoms with E-state index in [0.717, 1.165) is 11.3 Å². The second-order valence-electron chi connectivity index (χ2n) is 5.53. The van der Waals surface area contributed by atoms with Gasteiger partial charge in [0.05, 0.1) is 5.56 Å². The van der Waals surface area contributed by atoms with E-state index in [1.54, 1.807) is 0 Å². The van der Waals surface area contributed by atoms with Crippen LogP contribution in [0.25, 0.3) is 0 Å². The predicted octanol–water partition coefficient (Wildman–Crippen LogP) is 1.16. The molecule has 0 amide bonds. The van der Waals surface area contributed by atoms with Crippen molar-refractivity contribution >= 4 is 27.3 Å². The Balaban J connectivity index is 2.28. The van der Waals surface area contributed by atoms with Gasteiger partial charge in [0.2, 0.25) is 0 Å². The van der Waals surface area contributed by atoms with Gasteiger partial charge in [0, 0.05) is 30.6 Å². The van der Waals surface area contributed by atoms with E-state index >= 15 is 0 Å². The summed E-state index contributed by atoms with van der Waals surface area (Å²) < 4.78 is 26.6. The minimum Gasteiger partial charge on any atom is -0.478 e. The zero-order chi connectivity index (χ0) is 15.1. The van der Waals surface area contributed by atoms with Crippen LogP contribution in [0.5, 0.6) is 0 Å². The first-order chi connectivity index (χ1) is 9.14. The normalized spacial score (nSPS) is 20.9. The number of aromatic carboxylic acids is 1. The van der Waals surface area contributed by atoms with E-state index in [1.165, 1.54) is 15.8 Å². The summed E-state index contributed by atoms with van der Waals surface area (Å²) in [5.41, 5.74) is -0.222. The predicted molar refractivity (Wildman–Crippen MR) is 76.7 cm³/mol. The fourth-order valence-corrected chi connectivity index (χ4v) is 4.98. The van der Waals surface area contributed by atoms with Crippen LogP contribution in [0.3, 0.4) is 0 Å². The quantitative estimate of drug-likeness (QED) is 0.905. The Morgan fingerprint density at radius 1 is 1.40 bits per heavy atom. The molecule has 0 saturated carbocycles. The van der Waals surface area contributed by atoms with Gasteiger partial charge in [-0.3, -0.25) is 4.90 Å². The third kappa shape index (κ3) is 2.73. The number of thiophene rings is 1. The summed E-state index contributed by atoms with van der Waals surface area (Å²) in [6.45, 7) is 5.45. The van der Waals surface area contributed by atoms with Crippen molar-refractivity contribution in [3.05, 3.63) is 17.0 Å². The molecule has 1 aromatic rings. The molecule has 0 aliphatic carbocycles. The first-order valence-corrected chi connectivity index (χ1v) is 8.50. The molecule has 0 aromatic carbocycles. The highest BCUT2D eigenvalue weighted by atomic mass is 32.2. The van der Waals surface area contributed by atoms with Crippen LogP contribution in [0.15, 0.2) is 15.7 Å². The Bertz CT molecular complexity index is 621. The third-order valence-electron chi connectivity index (χ3n) is 3.70. The molecule has 1 fully saturated rings. The Hall–Kier alpha value is -0.960. The SMILES string of the molecule is CN1CCN(S(=O)(=O)c2cc(C(=O)O)cs2)CC1(C)C. The van der Waals surface area contributed by atoms with E-state index in [9.17, 15) is 13.2 Å². The minimum atomic E-state index is -3.61. The van der Waals surface area contributed by atoms with Crippen LogP contribution in [0.1, 0.15) is 24.2 Å². The maximum atomic E-state index is 12.5. The molecule has 1 saturated heterocycles. The minimum absolute atomic E-state index is 0.0157. The Kier molecular flexibility index (Phi) is 3.94. The first-order valence-electron chi connectivity index (χ1n) is 6.18. The van der Waals surface area contributed by atoms with Gasteiger partial charge in [-0.2, -0.15) is 4.31 Å². The molecule has 2 heterocycles. The van der Waals surface area contributed by atoms with Crippen LogP contribution < -0.4 is 0 Å². The van der Waals surface area contributed by atoms with Gasteiger partial charge >= 0.3 is 5.97 Å². The smallest absolute Gasteiger partial charge is 0.336 e. The largest absolute Gasteiger partial charge is 0.478 e. The number of sulfonamides is 1. The summed E-state index contributed by atoms with van der Waals surface area (Å²) in [5.74, 6) is -1.11. The molecule has 1 N–H and O–H groups in total. The summed E-state index contributed by atoms with van der Waals surface area (Å²) in [4.78, 5) is 13.0. The summed E-state index contributed by atoms with van der Waals surface area (Å²) >= 11 is 0.955. The zero-order valence-electron chi connectivity index (χ0n) is 11.7. The van der Waals surface area contributed by atoms with Crippen molar-refractivity contribution in [1.82, 2.24) is 9.21 Å². The Morgan fingerprint density at radius 3 is 2.55 bits per heavy atom. The molecule has 0 unspecified atom stereocenters. The first kappa shape index (κ1) is 15.4. The maximum Gasteiger partial charge on any atom is 0.336 e. The molecule has 0 bridgehead atoms. The van der Waals surface area contributed by atoms with E-state index in [4.69, 9.17) is 5.11 Å². The summed E-state index contributed by atoms with van der Waals surface area (Å²) in [6.07, 6.45) is 0. The molecule has 0 spiro atoms. The standard InChI is InChI=1S/C12H18N2O4S2/c1-12(2)8-14(5-4-13(12)3)20(17,18)10-6-9(7-19-10)11(15)16/h6-7H,4-5,8H2,1-3H3,(H,15,16). The number of hydrogen-bond donors (Lipinski definition) is 1. The molecule has 0 radical (unpaired) electrons. The van der Waals surface area contributed by atoms with Crippen LogP contribution in [-0.4, -0.2) is 60.9 Å². The molecule has 1 aliphatic heterocycles. The lowest BCUT2D eigenvalue weighted by Gasteiger charge is -2.44. The number of carbonyl (C=O) groups is 1. The van der Waals surface area contributed by atoms with Crippen molar-refractivity contribution in [3.8, 4) is 0 Å². The van der Waals surface area contributed by atoms with E-state index in [0.29, 0.717) is 19.6 Å². The molecule has 20 heavy (non-hydrogen) atoms. The molecular weight excluding hydrogens is 300 g/mol. The molecular formula is C12H18N2O4S2. The lowest BCUT2D eigenvalue weighted by atomic mass is 10.0. The molecule has 6 nitrogen and oxygen atoms in total. The van der Waals surface area contributed by atoms with Crippen molar-refractivity contribution in [2.24, 2.45) is 0 Å². The number of nitrogens with zero attached hydrogens (tertiary/aromatic N) is 2. The lowest BCUT2D eigenvalue weighted by molar-refractivity contribution is 0.0697. The van der Waals surface area contributed by atoms with E-state index < -0.39 is 16.0 Å². The highest BCUT2D eigenvalue weighted by molar-refractivity contribution is 7.91. The molecule has 1 aliphatic rings. The van der Waals surface area contributed by atoms with E-state index in [1.807, 2.05) is 20.9 Å². The van der Waals surface area contributed by atoms with Crippen LogP contribution in [0, 0.1) is 0 Å². The number of likely N-dealkylation sites (N-methyl/N-ethyl adjacent to an activating group) is 1. The Labute approximate surface area is 122 Å². The number of rotatable bonds is 3. The fourth-order valence-electron chi connectivity index (χ4n) is 2.09. The molecule has 1 aromatic heterocycles. The molecule has 112 valence electrons. The second kappa shape index (κ2) is 5.10. The van der Waals surface area contributed by atoms with Crippen molar-refractivity contribution in [3.63, 3.8) is 0 Å². The van der Waals surface area contributed by atoms with Crippen molar-refractivity contribution in [2.75, 3.05) is 26.7 Å². The summed E-state index contributed by atoms with van der Waals surface area (Å²) in [7, 11) is -1.64. The van der Waals surface area contributed by atoms with Gasteiger partial charge in [-0.15, -0.1) is 11.3 Å². The van der Waals surface area contributed by atoms with Crippen LogP contribution >= 0.6 is 11.3 Å². The molecule has 8 heteroatoms. The van der Waals surface area contributed by atoms with Crippen molar-refractivity contribution in [2.45, 2.75) is 23.6 Å².